The van der Waals surface area contributed by atoms with E-state index in [4.69, 9.17) is 5.26 Å². The van der Waals surface area contributed by atoms with Gasteiger partial charge in [-0.25, -0.2) is 0 Å². The number of hydrogen-bond donors (Lipinski definition) is 0. The molecule has 4 heteroatoms. The summed E-state index contributed by atoms with van der Waals surface area (Å²) in [5.41, 5.74) is 1.24. The first-order chi connectivity index (χ1) is 8.19. The second-order valence-electron chi connectivity index (χ2n) is 3.95. The Hall–Kier alpha value is -1.89. The van der Waals surface area contributed by atoms with Gasteiger partial charge >= 0.3 is 0 Å². The van der Waals surface area contributed by atoms with E-state index in [1.165, 1.54) is 0 Å². The van der Waals surface area contributed by atoms with Gasteiger partial charge in [-0.3, -0.25) is 9.78 Å². The summed E-state index contributed by atoms with van der Waals surface area (Å²) in [6.45, 7) is 2.85. The minimum atomic E-state index is -0.0139. The number of carbonyl (C=O) groups is 1. The maximum absolute atomic E-state index is 12.0. The van der Waals surface area contributed by atoms with Crippen molar-refractivity contribution in [3.05, 3.63) is 29.6 Å². The van der Waals surface area contributed by atoms with E-state index >= 15 is 0 Å². The van der Waals surface area contributed by atoms with Gasteiger partial charge in [-0.15, -0.1) is 0 Å². The van der Waals surface area contributed by atoms with Crippen LogP contribution in [0.4, 0.5) is 0 Å². The van der Waals surface area contributed by atoms with Gasteiger partial charge in [0.15, 0.2) is 0 Å². The number of carbonyl (C=O) groups excluding carboxylic acids is 1. The van der Waals surface area contributed by atoms with Gasteiger partial charge in [0, 0.05) is 25.4 Å². The van der Waals surface area contributed by atoms with Crippen LogP contribution >= 0.6 is 0 Å². The van der Waals surface area contributed by atoms with Crippen molar-refractivity contribution in [3.8, 4) is 6.07 Å². The number of hydrogen-bond acceptors (Lipinski definition) is 3. The monoisotopic (exact) mass is 231 g/mol. The highest BCUT2D eigenvalue weighted by Crippen LogP contribution is 2.06. The molecule has 0 saturated carbocycles. The van der Waals surface area contributed by atoms with Crippen LogP contribution in [0.3, 0.4) is 0 Å². The van der Waals surface area contributed by atoms with E-state index in [0.717, 1.165) is 19.4 Å². The first-order valence-electron chi connectivity index (χ1n) is 5.76. The van der Waals surface area contributed by atoms with Crippen molar-refractivity contribution in [2.24, 2.45) is 0 Å². The Morgan fingerprint density at radius 2 is 2.35 bits per heavy atom. The molecule has 17 heavy (non-hydrogen) atoms. The topological polar surface area (TPSA) is 57.0 Å². The van der Waals surface area contributed by atoms with Crippen molar-refractivity contribution in [2.45, 2.75) is 26.2 Å². The highest BCUT2D eigenvalue weighted by Gasteiger charge is 2.11. The normalized spacial score (nSPS) is 9.71. The summed E-state index contributed by atoms with van der Waals surface area (Å²) in [6, 6.07) is 5.40. The first-order valence-corrected chi connectivity index (χ1v) is 5.76. The molecule has 0 atom stereocenters. The average Bonchev–Trinajstić information content (AvgIpc) is 2.35. The molecular formula is C13H17N3O. The van der Waals surface area contributed by atoms with Gasteiger partial charge in [-0.2, -0.15) is 5.26 Å². The summed E-state index contributed by atoms with van der Waals surface area (Å²) < 4.78 is 0. The van der Waals surface area contributed by atoms with Gasteiger partial charge in [-0.05, 0) is 18.6 Å². The summed E-state index contributed by atoms with van der Waals surface area (Å²) in [6.07, 6.45) is 3.87. The van der Waals surface area contributed by atoms with Gasteiger partial charge in [0.1, 0.15) is 0 Å². The SMILES string of the molecule is CCCCN(C)C(=O)c1ccnc(CC#N)c1. The smallest absolute Gasteiger partial charge is 0.253 e. The van der Waals surface area contributed by atoms with Crippen LogP contribution in [-0.2, 0) is 6.42 Å². The largest absolute Gasteiger partial charge is 0.342 e. The quantitative estimate of drug-likeness (QED) is 0.779. The summed E-state index contributed by atoms with van der Waals surface area (Å²) >= 11 is 0. The molecule has 0 aliphatic heterocycles. The molecule has 0 saturated heterocycles. The van der Waals surface area contributed by atoms with Gasteiger partial charge in [0.25, 0.3) is 5.91 Å². The Morgan fingerprint density at radius 3 is 3.00 bits per heavy atom. The molecule has 0 spiro atoms. The number of unbranched alkanes of at least 4 members (excludes halogenated alkanes) is 1. The molecule has 1 aromatic rings. The van der Waals surface area contributed by atoms with Crippen molar-refractivity contribution in [1.29, 1.82) is 5.26 Å². The molecule has 1 aromatic heterocycles. The molecule has 1 heterocycles. The van der Waals surface area contributed by atoms with Crippen LogP contribution in [0.5, 0.6) is 0 Å². The fourth-order valence-corrected chi connectivity index (χ4v) is 1.51. The van der Waals surface area contributed by atoms with Gasteiger partial charge < -0.3 is 4.90 Å². The number of nitriles is 1. The highest BCUT2D eigenvalue weighted by molar-refractivity contribution is 5.94. The molecular weight excluding hydrogens is 214 g/mol. The molecule has 90 valence electrons. The third-order valence-electron chi connectivity index (χ3n) is 2.52. The molecule has 1 rings (SSSR count). The molecule has 0 fully saturated rings. The lowest BCUT2D eigenvalue weighted by Crippen LogP contribution is -2.27. The molecule has 0 radical (unpaired) electrons. The van der Waals surface area contributed by atoms with E-state index in [0.29, 0.717) is 11.3 Å². The standard InChI is InChI=1S/C13H17N3O/c1-3-4-9-16(2)13(17)11-6-8-15-12(10-11)5-7-14/h6,8,10H,3-5,9H2,1-2H3. The Labute approximate surface area is 102 Å². The van der Waals surface area contributed by atoms with Crippen LogP contribution in [-0.4, -0.2) is 29.4 Å². The third kappa shape index (κ3) is 3.87. The number of pyridine rings is 1. The van der Waals surface area contributed by atoms with Crippen LogP contribution in [0.1, 0.15) is 35.8 Å². The lowest BCUT2D eigenvalue weighted by atomic mass is 10.1. The summed E-state index contributed by atoms with van der Waals surface area (Å²) in [7, 11) is 1.79. The molecule has 0 aliphatic carbocycles. The van der Waals surface area contributed by atoms with Crippen molar-refractivity contribution in [2.75, 3.05) is 13.6 Å². The van der Waals surface area contributed by atoms with E-state index in [-0.39, 0.29) is 12.3 Å². The van der Waals surface area contributed by atoms with Crippen LogP contribution < -0.4 is 0 Å². The minimum Gasteiger partial charge on any atom is -0.342 e. The third-order valence-corrected chi connectivity index (χ3v) is 2.52. The predicted molar refractivity (Wildman–Crippen MR) is 65.4 cm³/mol. The molecule has 0 N–H and O–H groups in total. The van der Waals surface area contributed by atoms with Crippen LogP contribution in [0.15, 0.2) is 18.3 Å². The van der Waals surface area contributed by atoms with E-state index in [9.17, 15) is 4.79 Å². The molecule has 1 amide bonds. The minimum absolute atomic E-state index is 0.0139. The molecule has 0 aromatic carbocycles. The number of amides is 1. The van der Waals surface area contributed by atoms with Crippen molar-refractivity contribution in [3.63, 3.8) is 0 Å². The van der Waals surface area contributed by atoms with E-state index in [1.807, 2.05) is 6.07 Å². The van der Waals surface area contributed by atoms with Crippen LogP contribution in [0.25, 0.3) is 0 Å². The molecule has 0 aliphatic rings. The zero-order valence-electron chi connectivity index (χ0n) is 10.3. The van der Waals surface area contributed by atoms with E-state index in [2.05, 4.69) is 11.9 Å². The molecule has 0 unspecified atom stereocenters. The zero-order chi connectivity index (χ0) is 12.7. The van der Waals surface area contributed by atoms with Crippen molar-refractivity contribution < 1.29 is 4.79 Å². The fourth-order valence-electron chi connectivity index (χ4n) is 1.51. The fraction of sp³-hybridized carbons (Fsp3) is 0.462. The maximum atomic E-state index is 12.0. The van der Waals surface area contributed by atoms with Gasteiger partial charge in [0.05, 0.1) is 18.2 Å². The summed E-state index contributed by atoms with van der Waals surface area (Å²) in [5, 5.41) is 8.59. The molecule has 4 nitrogen and oxygen atoms in total. The Kier molecular flexibility index (Phi) is 5.15. The maximum Gasteiger partial charge on any atom is 0.253 e. The second kappa shape index (κ2) is 6.64. The van der Waals surface area contributed by atoms with Crippen molar-refractivity contribution >= 4 is 5.91 Å². The van der Waals surface area contributed by atoms with Crippen LogP contribution in [0, 0.1) is 11.3 Å². The van der Waals surface area contributed by atoms with E-state index in [1.54, 1.807) is 30.3 Å². The van der Waals surface area contributed by atoms with Gasteiger partial charge in [-0.1, -0.05) is 13.3 Å². The average molecular weight is 231 g/mol. The number of nitrogens with zero attached hydrogens (tertiary/aromatic N) is 3. The van der Waals surface area contributed by atoms with Gasteiger partial charge in [0.2, 0.25) is 0 Å². The first kappa shape index (κ1) is 13.2. The highest BCUT2D eigenvalue weighted by atomic mass is 16.2. The summed E-state index contributed by atoms with van der Waals surface area (Å²) in [5.74, 6) is -0.0139. The lowest BCUT2D eigenvalue weighted by Gasteiger charge is -2.16. The van der Waals surface area contributed by atoms with Crippen LogP contribution in [0.2, 0.25) is 0 Å². The Balaban J connectivity index is 2.74. The Morgan fingerprint density at radius 1 is 1.59 bits per heavy atom. The van der Waals surface area contributed by atoms with Crippen molar-refractivity contribution in [1.82, 2.24) is 9.88 Å². The van der Waals surface area contributed by atoms with E-state index < -0.39 is 0 Å². The molecule has 0 bridgehead atoms. The Bertz CT molecular complexity index is 423. The second-order valence-corrected chi connectivity index (χ2v) is 3.95. The predicted octanol–water partition coefficient (Wildman–Crippen LogP) is 2.02. The zero-order valence-corrected chi connectivity index (χ0v) is 10.3. The lowest BCUT2D eigenvalue weighted by molar-refractivity contribution is 0.0793. The summed E-state index contributed by atoms with van der Waals surface area (Å²) in [4.78, 5) is 17.8. The number of rotatable bonds is 5. The number of aromatic nitrogens is 1.